The summed E-state index contributed by atoms with van der Waals surface area (Å²) in [5.74, 6) is 1.54. The molecule has 2 aliphatic heterocycles. The van der Waals surface area contributed by atoms with Crippen LogP contribution in [0.4, 0.5) is 0 Å². The van der Waals surface area contributed by atoms with Crippen molar-refractivity contribution in [3.05, 3.63) is 27.7 Å². The Labute approximate surface area is 136 Å². The van der Waals surface area contributed by atoms with Crippen molar-refractivity contribution in [1.82, 2.24) is 10.2 Å². The molecule has 116 valence electrons. The normalized spacial score (nSPS) is 25.7. The van der Waals surface area contributed by atoms with Gasteiger partial charge in [0.25, 0.3) is 0 Å². The average molecular weight is 329 g/mol. The summed E-state index contributed by atoms with van der Waals surface area (Å²) in [6.45, 7) is 7.57. The zero-order valence-electron chi connectivity index (χ0n) is 12.4. The van der Waals surface area contributed by atoms with Crippen LogP contribution in [0.25, 0.3) is 0 Å². The molecule has 0 amide bonds. The zero-order valence-corrected chi connectivity index (χ0v) is 13.9. The van der Waals surface area contributed by atoms with Crippen LogP contribution in [0.5, 0.6) is 5.75 Å². The fraction of sp³-hybridized carbons (Fsp3) is 0.625. The molecule has 2 aliphatic rings. The van der Waals surface area contributed by atoms with Crippen LogP contribution in [-0.2, 0) is 0 Å². The molecule has 2 unspecified atom stereocenters. The first kappa shape index (κ1) is 15.4. The van der Waals surface area contributed by atoms with Crippen molar-refractivity contribution >= 4 is 23.2 Å². The minimum absolute atomic E-state index is 0.292. The number of ether oxygens (including phenoxy) is 1. The van der Waals surface area contributed by atoms with Crippen molar-refractivity contribution in [1.29, 1.82) is 0 Å². The average Bonchev–Trinajstić information content (AvgIpc) is 2.93. The lowest BCUT2D eigenvalue weighted by molar-refractivity contribution is 0.247. The maximum Gasteiger partial charge on any atom is 0.142 e. The van der Waals surface area contributed by atoms with Gasteiger partial charge in [-0.3, -0.25) is 0 Å². The van der Waals surface area contributed by atoms with E-state index < -0.39 is 0 Å². The molecule has 0 aromatic heterocycles. The van der Waals surface area contributed by atoms with Crippen molar-refractivity contribution in [2.24, 2.45) is 5.92 Å². The Balaban J connectivity index is 1.66. The van der Waals surface area contributed by atoms with E-state index in [1.807, 2.05) is 6.07 Å². The van der Waals surface area contributed by atoms with Gasteiger partial charge in [-0.2, -0.15) is 0 Å². The molecule has 0 radical (unpaired) electrons. The van der Waals surface area contributed by atoms with Gasteiger partial charge >= 0.3 is 0 Å². The van der Waals surface area contributed by atoms with Crippen LogP contribution in [0, 0.1) is 5.92 Å². The Hall–Kier alpha value is -0.480. The highest BCUT2D eigenvalue weighted by atomic mass is 35.5. The topological polar surface area (TPSA) is 24.5 Å². The van der Waals surface area contributed by atoms with Gasteiger partial charge in [-0.25, -0.2) is 0 Å². The first-order valence-electron chi connectivity index (χ1n) is 7.75. The Kier molecular flexibility index (Phi) is 4.95. The van der Waals surface area contributed by atoms with E-state index in [9.17, 15) is 0 Å². The molecule has 1 aromatic carbocycles. The van der Waals surface area contributed by atoms with Crippen LogP contribution in [0.1, 0.15) is 31.4 Å². The van der Waals surface area contributed by atoms with Crippen molar-refractivity contribution < 1.29 is 4.74 Å². The third kappa shape index (κ3) is 3.48. The molecule has 3 nitrogen and oxygen atoms in total. The van der Waals surface area contributed by atoms with E-state index in [4.69, 9.17) is 27.9 Å². The molecule has 0 spiro atoms. The maximum atomic E-state index is 6.23. The summed E-state index contributed by atoms with van der Waals surface area (Å²) in [7, 11) is 0. The van der Waals surface area contributed by atoms with Crippen molar-refractivity contribution in [3.8, 4) is 5.75 Å². The van der Waals surface area contributed by atoms with E-state index in [1.165, 1.54) is 19.5 Å². The molecule has 2 atom stereocenters. The smallest absolute Gasteiger partial charge is 0.142 e. The van der Waals surface area contributed by atoms with E-state index in [1.54, 1.807) is 6.07 Å². The number of nitrogens with zero attached hydrogens (tertiary/aromatic N) is 1. The number of likely N-dealkylation sites (tertiary alicyclic amines) is 1. The first-order chi connectivity index (χ1) is 10.2. The molecule has 0 aliphatic carbocycles. The maximum absolute atomic E-state index is 6.23. The molecule has 2 heterocycles. The molecule has 1 fully saturated rings. The SMILES string of the molecule is CCN1CCC(CNC2CCOc3c(Cl)cc(Cl)cc32)C1. The molecule has 1 aromatic rings. The molecular weight excluding hydrogens is 307 g/mol. The largest absolute Gasteiger partial charge is 0.492 e. The third-order valence-corrected chi connectivity index (χ3v) is 5.03. The summed E-state index contributed by atoms with van der Waals surface area (Å²) < 4.78 is 5.71. The Morgan fingerprint density at radius 2 is 2.19 bits per heavy atom. The quantitative estimate of drug-likeness (QED) is 0.910. The van der Waals surface area contributed by atoms with E-state index in [2.05, 4.69) is 17.1 Å². The van der Waals surface area contributed by atoms with E-state index in [0.29, 0.717) is 22.7 Å². The highest BCUT2D eigenvalue weighted by Crippen LogP contribution is 2.40. The molecular formula is C16H22Cl2N2O. The monoisotopic (exact) mass is 328 g/mol. The van der Waals surface area contributed by atoms with Crippen molar-refractivity contribution in [2.45, 2.75) is 25.8 Å². The van der Waals surface area contributed by atoms with Crippen LogP contribution in [0.2, 0.25) is 10.0 Å². The number of fused-ring (bicyclic) bond motifs is 1. The van der Waals surface area contributed by atoms with Crippen molar-refractivity contribution in [2.75, 3.05) is 32.8 Å². The number of rotatable bonds is 4. The number of nitrogens with one attached hydrogen (secondary N) is 1. The van der Waals surface area contributed by atoms with Gasteiger partial charge in [-0.05, 0) is 44.1 Å². The second-order valence-electron chi connectivity index (χ2n) is 5.95. The number of halogens is 2. The predicted molar refractivity (Wildman–Crippen MR) is 87.5 cm³/mol. The molecule has 0 bridgehead atoms. The zero-order chi connectivity index (χ0) is 14.8. The molecule has 3 rings (SSSR count). The van der Waals surface area contributed by atoms with Gasteiger partial charge in [0.2, 0.25) is 0 Å². The van der Waals surface area contributed by atoms with Gasteiger partial charge in [0.15, 0.2) is 0 Å². The fourth-order valence-corrected chi connectivity index (χ4v) is 3.88. The van der Waals surface area contributed by atoms with Gasteiger partial charge in [-0.15, -0.1) is 0 Å². The second-order valence-corrected chi connectivity index (χ2v) is 6.80. The van der Waals surface area contributed by atoms with Crippen molar-refractivity contribution in [3.63, 3.8) is 0 Å². The first-order valence-corrected chi connectivity index (χ1v) is 8.50. The summed E-state index contributed by atoms with van der Waals surface area (Å²) in [4.78, 5) is 2.51. The summed E-state index contributed by atoms with van der Waals surface area (Å²) >= 11 is 12.4. The van der Waals surface area contributed by atoms with Crippen LogP contribution in [0.15, 0.2) is 12.1 Å². The standard InChI is InChI=1S/C16H22Cl2N2O/c1-2-20-5-3-11(10-20)9-19-15-4-6-21-16-13(15)7-12(17)8-14(16)18/h7-8,11,15,19H,2-6,9-10H2,1H3. The van der Waals surface area contributed by atoms with Gasteiger partial charge in [-0.1, -0.05) is 30.1 Å². The summed E-state index contributed by atoms with van der Waals surface area (Å²) in [6, 6.07) is 4.02. The minimum atomic E-state index is 0.292. The lowest BCUT2D eigenvalue weighted by Gasteiger charge is -2.28. The van der Waals surface area contributed by atoms with E-state index >= 15 is 0 Å². The number of benzene rings is 1. The lowest BCUT2D eigenvalue weighted by atomic mass is 9.99. The highest BCUT2D eigenvalue weighted by Gasteiger charge is 2.26. The molecule has 5 heteroatoms. The van der Waals surface area contributed by atoms with Crippen LogP contribution in [-0.4, -0.2) is 37.7 Å². The van der Waals surface area contributed by atoms with Gasteiger partial charge < -0.3 is 15.0 Å². The molecule has 0 saturated carbocycles. The number of hydrogen-bond acceptors (Lipinski definition) is 3. The van der Waals surface area contributed by atoms with Crippen LogP contribution >= 0.6 is 23.2 Å². The Bertz CT molecular complexity index is 509. The van der Waals surface area contributed by atoms with Gasteiger partial charge in [0.1, 0.15) is 5.75 Å². The second kappa shape index (κ2) is 6.74. The Morgan fingerprint density at radius 1 is 1.33 bits per heavy atom. The highest BCUT2D eigenvalue weighted by molar-refractivity contribution is 6.35. The van der Waals surface area contributed by atoms with E-state index in [-0.39, 0.29) is 0 Å². The summed E-state index contributed by atoms with van der Waals surface area (Å²) in [6.07, 6.45) is 2.25. The van der Waals surface area contributed by atoms with Gasteiger partial charge in [0, 0.05) is 29.6 Å². The van der Waals surface area contributed by atoms with E-state index in [0.717, 1.165) is 36.7 Å². The fourth-order valence-electron chi connectivity index (χ4n) is 3.31. The molecule has 1 N–H and O–H groups in total. The summed E-state index contributed by atoms with van der Waals surface area (Å²) in [5, 5.41) is 4.98. The third-order valence-electron chi connectivity index (χ3n) is 4.54. The predicted octanol–water partition coefficient (Wildman–Crippen LogP) is 3.75. The molecule has 21 heavy (non-hydrogen) atoms. The molecule has 1 saturated heterocycles. The lowest BCUT2D eigenvalue weighted by Crippen LogP contribution is -2.32. The van der Waals surface area contributed by atoms with Crippen LogP contribution < -0.4 is 10.1 Å². The Morgan fingerprint density at radius 3 is 2.95 bits per heavy atom. The minimum Gasteiger partial charge on any atom is -0.492 e. The number of hydrogen-bond donors (Lipinski definition) is 1. The summed E-state index contributed by atoms with van der Waals surface area (Å²) in [5.41, 5.74) is 1.10. The van der Waals surface area contributed by atoms with Gasteiger partial charge in [0.05, 0.1) is 11.6 Å². The van der Waals surface area contributed by atoms with Crippen LogP contribution in [0.3, 0.4) is 0 Å².